The Labute approximate surface area is 156 Å². The van der Waals surface area contributed by atoms with Crippen LogP contribution in [0.5, 0.6) is 5.75 Å². The molecule has 134 valence electrons. The number of benzene rings is 1. The standard InChI is InChI=1S/C18H19Cl2FN2O2/c1-10(2)8-25-18-14(5-13(19)6-15(18)20)12-4-16(21)17(22-7-12)11(3)23-9-24/h4-7,9-11H,8H2,1-3H3,(H,23,24). The number of amides is 1. The van der Waals surface area contributed by atoms with E-state index in [2.05, 4.69) is 10.3 Å². The summed E-state index contributed by atoms with van der Waals surface area (Å²) in [5.74, 6) is 0.199. The van der Waals surface area contributed by atoms with Crippen molar-refractivity contribution in [2.75, 3.05) is 6.61 Å². The van der Waals surface area contributed by atoms with Crippen LogP contribution in [-0.2, 0) is 4.79 Å². The minimum atomic E-state index is -0.537. The summed E-state index contributed by atoms with van der Waals surface area (Å²) in [6.07, 6.45) is 2.01. The highest BCUT2D eigenvalue weighted by Gasteiger charge is 2.17. The lowest BCUT2D eigenvalue weighted by molar-refractivity contribution is -0.110. The minimum absolute atomic E-state index is 0.147. The van der Waals surface area contributed by atoms with E-state index in [4.69, 9.17) is 27.9 Å². The monoisotopic (exact) mass is 384 g/mol. The zero-order valence-electron chi connectivity index (χ0n) is 14.1. The molecule has 0 bridgehead atoms. The van der Waals surface area contributed by atoms with Crippen LogP contribution in [0.3, 0.4) is 0 Å². The van der Waals surface area contributed by atoms with E-state index in [0.29, 0.717) is 45.9 Å². The van der Waals surface area contributed by atoms with Crippen LogP contribution in [0, 0.1) is 11.7 Å². The average Bonchev–Trinajstić information content (AvgIpc) is 2.53. The molecule has 1 N–H and O–H groups in total. The molecule has 0 aliphatic heterocycles. The zero-order chi connectivity index (χ0) is 18.6. The highest BCUT2D eigenvalue weighted by molar-refractivity contribution is 6.36. The van der Waals surface area contributed by atoms with Gasteiger partial charge in [-0.25, -0.2) is 4.39 Å². The Balaban J connectivity index is 2.46. The summed E-state index contributed by atoms with van der Waals surface area (Å²) in [4.78, 5) is 14.7. The van der Waals surface area contributed by atoms with Crippen LogP contribution in [0.2, 0.25) is 10.0 Å². The normalized spacial score (nSPS) is 12.1. The molecule has 0 aliphatic rings. The lowest BCUT2D eigenvalue weighted by Crippen LogP contribution is -2.18. The number of carbonyl (C=O) groups is 1. The molecule has 0 spiro atoms. The van der Waals surface area contributed by atoms with Crippen LogP contribution < -0.4 is 10.1 Å². The zero-order valence-corrected chi connectivity index (χ0v) is 15.7. The molecule has 1 atom stereocenters. The van der Waals surface area contributed by atoms with E-state index >= 15 is 0 Å². The third-order valence-electron chi connectivity index (χ3n) is 3.48. The van der Waals surface area contributed by atoms with Crippen LogP contribution in [0.25, 0.3) is 11.1 Å². The van der Waals surface area contributed by atoms with Gasteiger partial charge in [0.05, 0.1) is 23.4 Å². The second kappa shape index (κ2) is 8.50. The van der Waals surface area contributed by atoms with Crippen molar-refractivity contribution in [1.29, 1.82) is 0 Å². The van der Waals surface area contributed by atoms with Crippen LogP contribution in [0.1, 0.15) is 32.5 Å². The summed E-state index contributed by atoms with van der Waals surface area (Å²) >= 11 is 12.4. The summed E-state index contributed by atoms with van der Waals surface area (Å²) in [7, 11) is 0. The maximum atomic E-state index is 14.4. The number of rotatable bonds is 7. The molecule has 0 radical (unpaired) electrons. The van der Waals surface area contributed by atoms with Crippen molar-refractivity contribution in [3.63, 3.8) is 0 Å². The Bertz CT molecular complexity index is 769. The Morgan fingerprint density at radius 2 is 2.00 bits per heavy atom. The summed E-state index contributed by atoms with van der Waals surface area (Å²) in [6.45, 7) is 6.14. The number of nitrogens with one attached hydrogen (secondary N) is 1. The van der Waals surface area contributed by atoms with Gasteiger partial charge in [-0.15, -0.1) is 0 Å². The number of aromatic nitrogens is 1. The Hall–Kier alpha value is -1.85. The third-order valence-corrected chi connectivity index (χ3v) is 3.98. The fraction of sp³-hybridized carbons (Fsp3) is 0.333. The molecule has 25 heavy (non-hydrogen) atoms. The smallest absolute Gasteiger partial charge is 0.207 e. The number of pyridine rings is 1. The Kier molecular flexibility index (Phi) is 6.62. The highest BCUT2D eigenvalue weighted by Crippen LogP contribution is 2.39. The van der Waals surface area contributed by atoms with E-state index in [-0.39, 0.29) is 5.69 Å². The van der Waals surface area contributed by atoms with Gasteiger partial charge in [0.15, 0.2) is 0 Å². The number of carbonyl (C=O) groups excluding carboxylic acids is 1. The molecule has 2 rings (SSSR count). The predicted molar refractivity (Wildman–Crippen MR) is 97.6 cm³/mol. The fourth-order valence-corrected chi connectivity index (χ4v) is 2.81. The van der Waals surface area contributed by atoms with Gasteiger partial charge in [-0.05, 0) is 31.0 Å². The SMILES string of the molecule is CC(C)COc1c(Cl)cc(Cl)cc1-c1cnc(C(C)NC=O)c(F)c1. The number of nitrogens with zero attached hydrogens (tertiary/aromatic N) is 1. The van der Waals surface area contributed by atoms with Crippen LogP contribution in [0.15, 0.2) is 24.4 Å². The molecule has 1 heterocycles. The first-order chi connectivity index (χ1) is 11.8. The molecule has 7 heteroatoms. The molecule has 4 nitrogen and oxygen atoms in total. The van der Waals surface area contributed by atoms with E-state index < -0.39 is 11.9 Å². The number of hydrogen-bond acceptors (Lipinski definition) is 3. The molecule has 2 aromatic rings. The van der Waals surface area contributed by atoms with Crippen LogP contribution in [0.4, 0.5) is 4.39 Å². The quantitative estimate of drug-likeness (QED) is 0.680. The summed E-state index contributed by atoms with van der Waals surface area (Å²) < 4.78 is 20.2. The van der Waals surface area contributed by atoms with E-state index in [1.54, 1.807) is 19.1 Å². The van der Waals surface area contributed by atoms with Gasteiger partial charge in [-0.3, -0.25) is 9.78 Å². The third kappa shape index (κ3) is 4.83. The molecular weight excluding hydrogens is 366 g/mol. The van der Waals surface area contributed by atoms with E-state index in [0.717, 1.165) is 0 Å². The van der Waals surface area contributed by atoms with Crippen molar-refractivity contribution in [2.24, 2.45) is 5.92 Å². The number of hydrogen-bond donors (Lipinski definition) is 1. The first-order valence-corrected chi connectivity index (χ1v) is 8.56. The molecule has 0 saturated heterocycles. The van der Waals surface area contributed by atoms with Gasteiger partial charge in [-0.2, -0.15) is 0 Å². The van der Waals surface area contributed by atoms with E-state index in [1.807, 2.05) is 13.8 Å². The van der Waals surface area contributed by atoms with Gasteiger partial charge in [0, 0.05) is 22.3 Å². The van der Waals surface area contributed by atoms with Crippen molar-refractivity contribution in [1.82, 2.24) is 10.3 Å². The molecule has 1 aromatic carbocycles. The molecule has 0 aliphatic carbocycles. The fourth-order valence-electron chi connectivity index (χ4n) is 2.27. The summed E-state index contributed by atoms with van der Waals surface area (Å²) in [5, 5.41) is 3.24. The predicted octanol–water partition coefficient (Wildman–Crippen LogP) is 5.04. The van der Waals surface area contributed by atoms with Crippen molar-refractivity contribution in [3.8, 4) is 16.9 Å². The molecule has 0 saturated carbocycles. The number of halogens is 3. The topological polar surface area (TPSA) is 51.2 Å². The van der Waals surface area contributed by atoms with Crippen molar-refractivity contribution in [3.05, 3.63) is 46.0 Å². The van der Waals surface area contributed by atoms with Gasteiger partial charge in [-0.1, -0.05) is 37.0 Å². The van der Waals surface area contributed by atoms with Crippen molar-refractivity contribution in [2.45, 2.75) is 26.8 Å². The molecule has 1 amide bonds. The molecule has 1 aromatic heterocycles. The summed E-state index contributed by atoms with van der Waals surface area (Å²) in [6, 6.07) is 4.03. The van der Waals surface area contributed by atoms with E-state index in [9.17, 15) is 9.18 Å². The molecule has 0 fully saturated rings. The first-order valence-electron chi connectivity index (χ1n) is 7.80. The average molecular weight is 385 g/mol. The van der Waals surface area contributed by atoms with Crippen molar-refractivity contribution >= 4 is 29.6 Å². The van der Waals surface area contributed by atoms with Gasteiger partial charge < -0.3 is 10.1 Å². The second-order valence-electron chi connectivity index (χ2n) is 6.07. The maximum Gasteiger partial charge on any atom is 0.207 e. The second-order valence-corrected chi connectivity index (χ2v) is 6.91. The summed E-state index contributed by atoms with van der Waals surface area (Å²) in [5.41, 5.74) is 1.20. The molecular formula is C18H19Cl2FN2O2. The lowest BCUT2D eigenvalue weighted by atomic mass is 10.0. The highest BCUT2D eigenvalue weighted by atomic mass is 35.5. The van der Waals surface area contributed by atoms with Crippen molar-refractivity contribution < 1.29 is 13.9 Å². The maximum absolute atomic E-state index is 14.4. The van der Waals surface area contributed by atoms with Crippen LogP contribution in [-0.4, -0.2) is 18.0 Å². The van der Waals surface area contributed by atoms with Crippen LogP contribution >= 0.6 is 23.2 Å². The van der Waals surface area contributed by atoms with Gasteiger partial charge in [0.25, 0.3) is 0 Å². The Morgan fingerprint density at radius 1 is 1.28 bits per heavy atom. The minimum Gasteiger partial charge on any atom is -0.491 e. The van der Waals surface area contributed by atoms with Gasteiger partial charge in [0.2, 0.25) is 6.41 Å². The van der Waals surface area contributed by atoms with Gasteiger partial charge in [0.1, 0.15) is 11.6 Å². The van der Waals surface area contributed by atoms with E-state index in [1.165, 1.54) is 12.3 Å². The largest absolute Gasteiger partial charge is 0.491 e. The van der Waals surface area contributed by atoms with Gasteiger partial charge >= 0.3 is 0 Å². The molecule has 1 unspecified atom stereocenters. The number of ether oxygens (including phenoxy) is 1. The first kappa shape index (κ1) is 19.5. The Morgan fingerprint density at radius 3 is 2.60 bits per heavy atom. The lowest BCUT2D eigenvalue weighted by Gasteiger charge is -2.16.